The third-order valence-electron chi connectivity index (χ3n) is 2.05. The van der Waals surface area contributed by atoms with Crippen LogP contribution in [0.2, 0.25) is 0 Å². The zero-order valence-electron chi connectivity index (χ0n) is 8.84. The number of methoxy groups -OCH3 is 1. The largest absolute Gasteiger partial charge is 0.468 e. The highest BCUT2D eigenvalue weighted by molar-refractivity contribution is 7.92. The fraction of sp³-hybridized carbons (Fsp3) is 0.300. The maximum absolute atomic E-state index is 11.7. The van der Waals surface area contributed by atoms with Crippen LogP contribution in [-0.2, 0) is 25.9 Å². The molecule has 6 heteroatoms. The Kier molecular flexibility index (Phi) is 4.03. The van der Waals surface area contributed by atoms with E-state index in [0.717, 1.165) is 12.7 Å². The van der Waals surface area contributed by atoms with Gasteiger partial charge in [0.15, 0.2) is 15.6 Å². The predicted molar refractivity (Wildman–Crippen MR) is 58.4 cm³/mol. The van der Waals surface area contributed by atoms with E-state index in [-0.39, 0.29) is 4.90 Å². The number of hydrogen-bond acceptors (Lipinski definition) is 5. The number of rotatable bonds is 4. The Morgan fingerprint density at radius 1 is 1.31 bits per heavy atom. The second-order valence-corrected chi connectivity index (χ2v) is 5.17. The molecule has 1 aromatic rings. The van der Waals surface area contributed by atoms with Crippen LogP contribution >= 0.6 is 0 Å². The lowest BCUT2D eigenvalue weighted by Gasteiger charge is -2.04. The molecule has 0 radical (unpaired) electrons. The van der Waals surface area contributed by atoms with Gasteiger partial charge in [-0.05, 0) is 17.7 Å². The summed E-state index contributed by atoms with van der Waals surface area (Å²) in [5.74, 6) is -1.42. The first-order valence-corrected chi connectivity index (χ1v) is 6.23. The fourth-order valence-electron chi connectivity index (χ4n) is 1.13. The predicted octanol–water partition coefficient (Wildman–Crippen LogP) is 0.0920. The molecule has 88 valence electrons. The summed E-state index contributed by atoms with van der Waals surface area (Å²) in [6.45, 7) is 0.345. The van der Waals surface area contributed by atoms with Gasteiger partial charge in [-0.3, -0.25) is 4.79 Å². The Bertz CT molecular complexity index is 464. The zero-order chi connectivity index (χ0) is 12.2. The van der Waals surface area contributed by atoms with Gasteiger partial charge in [0.2, 0.25) is 0 Å². The second-order valence-electron chi connectivity index (χ2n) is 3.18. The molecule has 0 spiro atoms. The standard InChI is InChI=1S/C10H13NO4S/c1-15-10(12)7-16(13,14)9-4-2-8(6-11)3-5-9/h2-5H,6-7,11H2,1H3. The third kappa shape index (κ3) is 3.04. The van der Waals surface area contributed by atoms with E-state index in [4.69, 9.17) is 5.73 Å². The molecule has 2 N–H and O–H groups in total. The van der Waals surface area contributed by atoms with Crippen molar-refractivity contribution in [2.75, 3.05) is 12.9 Å². The van der Waals surface area contributed by atoms with E-state index in [2.05, 4.69) is 4.74 Å². The molecule has 0 unspecified atom stereocenters. The van der Waals surface area contributed by atoms with Crippen LogP contribution in [0.5, 0.6) is 0 Å². The molecule has 0 aliphatic carbocycles. The van der Waals surface area contributed by atoms with Gasteiger partial charge in [0.1, 0.15) is 0 Å². The molecule has 0 heterocycles. The Hall–Kier alpha value is -1.40. The van der Waals surface area contributed by atoms with Crippen molar-refractivity contribution in [3.8, 4) is 0 Å². The molecule has 1 rings (SSSR count). The SMILES string of the molecule is COC(=O)CS(=O)(=O)c1ccc(CN)cc1. The normalized spacial score (nSPS) is 11.1. The van der Waals surface area contributed by atoms with Crippen LogP contribution in [0, 0.1) is 0 Å². The van der Waals surface area contributed by atoms with E-state index in [1.807, 2.05) is 0 Å². The number of carbonyl (C=O) groups is 1. The summed E-state index contributed by atoms with van der Waals surface area (Å²) in [7, 11) is -2.46. The van der Waals surface area contributed by atoms with E-state index >= 15 is 0 Å². The molecule has 1 aromatic carbocycles. The van der Waals surface area contributed by atoms with Crippen LogP contribution in [0.15, 0.2) is 29.2 Å². The Morgan fingerprint density at radius 3 is 2.31 bits per heavy atom. The molecule has 0 aliphatic heterocycles. The molecule has 0 atom stereocenters. The highest BCUT2D eigenvalue weighted by Gasteiger charge is 2.19. The zero-order valence-corrected chi connectivity index (χ0v) is 9.66. The van der Waals surface area contributed by atoms with Crippen molar-refractivity contribution in [2.45, 2.75) is 11.4 Å². The number of esters is 1. The van der Waals surface area contributed by atoms with Gasteiger partial charge >= 0.3 is 5.97 Å². The first-order valence-electron chi connectivity index (χ1n) is 4.58. The summed E-state index contributed by atoms with van der Waals surface area (Å²) in [6.07, 6.45) is 0. The maximum Gasteiger partial charge on any atom is 0.321 e. The van der Waals surface area contributed by atoms with Gasteiger partial charge in [-0.25, -0.2) is 8.42 Å². The summed E-state index contributed by atoms with van der Waals surface area (Å²) in [5, 5.41) is 0. The van der Waals surface area contributed by atoms with Crippen molar-refractivity contribution in [3.05, 3.63) is 29.8 Å². The lowest BCUT2D eigenvalue weighted by Crippen LogP contribution is -2.17. The minimum atomic E-state index is -3.61. The second kappa shape index (κ2) is 5.09. The van der Waals surface area contributed by atoms with Crippen molar-refractivity contribution < 1.29 is 17.9 Å². The van der Waals surface area contributed by atoms with Gasteiger partial charge in [-0.2, -0.15) is 0 Å². The molecule has 16 heavy (non-hydrogen) atoms. The molecule has 0 fully saturated rings. The molecule has 0 amide bonds. The van der Waals surface area contributed by atoms with Gasteiger partial charge in [0.25, 0.3) is 0 Å². The van der Waals surface area contributed by atoms with Crippen LogP contribution in [-0.4, -0.2) is 27.2 Å². The highest BCUT2D eigenvalue weighted by atomic mass is 32.2. The Labute approximate surface area is 94.1 Å². The van der Waals surface area contributed by atoms with Crippen LogP contribution in [0.1, 0.15) is 5.56 Å². The van der Waals surface area contributed by atoms with E-state index in [9.17, 15) is 13.2 Å². The summed E-state index contributed by atoms with van der Waals surface area (Å²) in [5.41, 5.74) is 6.22. The molecule has 5 nitrogen and oxygen atoms in total. The summed E-state index contributed by atoms with van der Waals surface area (Å²) in [4.78, 5) is 11.0. The third-order valence-corrected chi connectivity index (χ3v) is 3.66. The van der Waals surface area contributed by atoms with Crippen LogP contribution in [0.4, 0.5) is 0 Å². The highest BCUT2D eigenvalue weighted by Crippen LogP contribution is 2.12. The van der Waals surface area contributed by atoms with E-state index in [0.29, 0.717) is 6.54 Å². The fourth-order valence-corrected chi connectivity index (χ4v) is 2.28. The molecular formula is C10H13NO4S. The topological polar surface area (TPSA) is 86.5 Å². The molecule has 0 bridgehead atoms. The Balaban J connectivity index is 2.94. The first kappa shape index (κ1) is 12.7. The number of ether oxygens (including phenoxy) is 1. The number of benzene rings is 1. The summed E-state index contributed by atoms with van der Waals surface area (Å²) >= 11 is 0. The van der Waals surface area contributed by atoms with Crippen molar-refractivity contribution >= 4 is 15.8 Å². The number of sulfone groups is 1. The molecule has 0 aliphatic rings. The van der Waals surface area contributed by atoms with Crippen molar-refractivity contribution in [2.24, 2.45) is 5.73 Å². The average molecular weight is 243 g/mol. The van der Waals surface area contributed by atoms with Crippen LogP contribution in [0.25, 0.3) is 0 Å². The summed E-state index contributed by atoms with van der Waals surface area (Å²) in [6, 6.07) is 6.09. The number of nitrogens with two attached hydrogens (primary N) is 1. The van der Waals surface area contributed by atoms with Gasteiger partial charge in [-0.15, -0.1) is 0 Å². The van der Waals surface area contributed by atoms with Crippen molar-refractivity contribution in [1.82, 2.24) is 0 Å². The lowest BCUT2D eigenvalue weighted by molar-refractivity contribution is -0.137. The average Bonchev–Trinajstić information content (AvgIpc) is 2.28. The maximum atomic E-state index is 11.7. The van der Waals surface area contributed by atoms with Gasteiger partial charge < -0.3 is 10.5 Å². The van der Waals surface area contributed by atoms with Crippen LogP contribution < -0.4 is 5.73 Å². The molecule has 0 saturated heterocycles. The number of hydrogen-bond donors (Lipinski definition) is 1. The van der Waals surface area contributed by atoms with Gasteiger partial charge in [0, 0.05) is 6.54 Å². The molecule has 0 saturated carbocycles. The lowest BCUT2D eigenvalue weighted by atomic mass is 10.2. The monoisotopic (exact) mass is 243 g/mol. The summed E-state index contributed by atoms with van der Waals surface area (Å²) < 4.78 is 27.7. The molecule has 0 aromatic heterocycles. The van der Waals surface area contributed by atoms with E-state index in [1.54, 1.807) is 12.1 Å². The quantitative estimate of drug-likeness (QED) is 0.757. The van der Waals surface area contributed by atoms with Crippen molar-refractivity contribution in [3.63, 3.8) is 0 Å². The van der Waals surface area contributed by atoms with Crippen molar-refractivity contribution in [1.29, 1.82) is 0 Å². The van der Waals surface area contributed by atoms with Gasteiger partial charge in [-0.1, -0.05) is 12.1 Å². The van der Waals surface area contributed by atoms with Crippen LogP contribution in [0.3, 0.4) is 0 Å². The Morgan fingerprint density at radius 2 is 1.88 bits per heavy atom. The number of carbonyl (C=O) groups excluding carboxylic acids is 1. The van der Waals surface area contributed by atoms with E-state index < -0.39 is 21.6 Å². The smallest absolute Gasteiger partial charge is 0.321 e. The van der Waals surface area contributed by atoms with E-state index in [1.165, 1.54) is 12.1 Å². The minimum Gasteiger partial charge on any atom is -0.468 e. The molecular weight excluding hydrogens is 230 g/mol. The first-order chi connectivity index (χ1) is 7.49. The van der Waals surface area contributed by atoms with Gasteiger partial charge in [0.05, 0.1) is 12.0 Å². The minimum absolute atomic E-state index is 0.0927.